The van der Waals surface area contributed by atoms with Crippen LogP contribution in [0.4, 0.5) is 0 Å². The zero-order valence-corrected chi connectivity index (χ0v) is 18.5. The molecule has 2 aliphatic rings. The molecular weight excluding hydrogens is 388 g/mol. The maximum Gasteiger partial charge on any atom is 0.243 e. The van der Waals surface area contributed by atoms with E-state index in [-0.39, 0.29) is 5.91 Å². The van der Waals surface area contributed by atoms with Crippen LogP contribution in [0.15, 0.2) is 29.2 Å². The summed E-state index contributed by atoms with van der Waals surface area (Å²) in [5.41, 5.74) is 1.04. The Bertz CT molecular complexity index is 768. The lowest BCUT2D eigenvalue weighted by Gasteiger charge is -2.33. The van der Waals surface area contributed by atoms with E-state index < -0.39 is 10.0 Å². The SMILES string of the molecule is Cc1ccc(S(=O)(=O)N2CCN(CC(=O)NCC(C)CN3CCCC3)CC2)cc1. The molecule has 1 atom stereocenters. The van der Waals surface area contributed by atoms with Crippen molar-refractivity contribution in [2.75, 3.05) is 58.9 Å². The molecule has 2 aliphatic heterocycles. The molecule has 8 heteroatoms. The van der Waals surface area contributed by atoms with Crippen LogP contribution in [0.1, 0.15) is 25.3 Å². The molecule has 0 bridgehead atoms. The largest absolute Gasteiger partial charge is 0.355 e. The van der Waals surface area contributed by atoms with Crippen LogP contribution in [-0.4, -0.2) is 87.3 Å². The van der Waals surface area contributed by atoms with Gasteiger partial charge >= 0.3 is 0 Å². The number of hydrogen-bond acceptors (Lipinski definition) is 5. The van der Waals surface area contributed by atoms with E-state index in [4.69, 9.17) is 0 Å². The van der Waals surface area contributed by atoms with Gasteiger partial charge in [-0.05, 0) is 50.9 Å². The fourth-order valence-electron chi connectivity index (χ4n) is 4.00. The van der Waals surface area contributed by atoms with Gasteiger partial charge in [-0.2, -0.15) is 4.31 Å². The van der Waals surface area contributed by atoms with Crippen molar-refractivity contribution in [3.63, 3.8) is 0 Å². The van der Waals surface area contributed by atoms with Gasteiger partial charge in [-0.3, -0.25) is 9.69 Å². The van der Waals surface area contributed by atoms with Gasteiger partial charge in [-0.15, -0.1) is 0 Å². The Balaban J connectivity index is 1.39. The molecule has 162 valence electrons. The predicted molar refractivity (Wildman–Crippen MR) is 114 cm³/mol. The summed E-state index contributed by atoms with van der Waals surface area (Å²) in [5, 5.41) is 3.04. The second-order valence-electron chi connectivity index (χ2n) is 8.41. The van der Waals surface area contributed by atoms with Gasteiger partial charge in [0.1, 0.15) is 0 Å². The fraction of sp³-hybridized carbons (Fsp3) is 0.667. The molecule has 0 spiro atoms. The summed E-state index contributed by atoms with van der Waals surface area (Å²) >= 11 is 0. The van der Waals surface area contributed by atoms with Gasteiger partial charge in [0.15, 0.2) is 0 Å². The van der Waals surface area contributed by atoms with Crippen molar-refractivity contribution in [2.45, 2.75) is 31.6 Å². The van der Waals surface area contributed by atoms with Gasteiger partial charge < -0.3 is 10.2 Å². The zero-order chi connectivity index (χ0) is 20.9. The van der Waals surface area contributed by atoms with Crippen molar-refractivity contribution in [2.24, 2.45) is 5.92 Å². The number of sulfonamides is 1. The van der Waals surface area contributed by atoms with E-state index in [1.807, 2.05) is 24.0 Å². The molecule has 2 fully saturated rings. The minimum Gasteiger partial charge on any atom is -0.355 e. The molecule has 0 aromatic heterocycles. The lowest BCUT2D eigenvalue weighted by atomic mass is 10.1. The first kappa shape index (κ1) is 22.2. The van der Waals surface area contributed by atoms with E-state index in [2.05, 4.69) is 17.1 Å². The number of rotatable bonds is 8. The first-order valence-corrected chi connectivity index (χ1v) is 12.1. The standard InChI is InChI=1S/C21H34N4O3S/c1-18-5-7-20(8-6-18)29(27,28)25-13-11-24(12-14-25)17-21(26)22-15-19(2)16-23-9-3-4-10-23/h5-8,19H,3-4,9-17H2,1-2H3,(H,22,26). The van der Waals surface area contributed by atoms with E-state index in [0.717, 1.165) is 12.1 Å². The van der Waals surface area contributed by atoms with Crippen molar-refractivity contribution in [1.82, 2.24) is 19.4 Å². The minimum absolute atomic E-state index is 0.0214. The van der Waals surface area contributed by atoms with Crippen LogP contribution in [0.5, 0.6) is 0 Å². The smallest absolute Gasteiger partial charge is 0.243 e. The van der Waals surface area contributed by atoms with Crippen LogP contribution in [-0.2, 0) is 14.8 Å². The topological polar surface area (TPSA) is 73.0 Å². The third-order valence-electron chi connectivity index (χ3n) is 5.77. The molecule has 2 heterocycles. The summed E-state index contributed by atoms with van der Waals surface area (Å²) in [4.78, 5) is 17.1. The number of benzene rings is 1. The summed E-state index contributed by atoms with van der Waals surface area (Å²) in [6.45, 7) is 10.5. The number of likely N-dealkylation sites (tertiary alicyclic amines) is 1. The first-order valence-electron chi connectivity index (χ1n) is 10.6. The van der Waals surface area contributed by atoms with Gasteiger partial charge in [0.25, 0.3) is 0 Å². The molecule has 7 nitrogen and oxygen atoms in total. The van der Waals surface area contributed by atoms with Crippen LogP contribution in [0.25, 0.3) is 0 Å². The number of carbonyl (C=O) groups is 1. The first-order chi connectivity index (χ1) is 13.8. The molecule has 2 saturated heterocycles. The van der Waals surface area contributed by atoms with E-state index in [1.54, 1.807) is 12.1 Å². The van der Waals surface area contributed by atoms with E-state index >= 15 is 0 Å². The second-order valence-corrected chi connectivity index (χ2v) is 10.3. The number of amides is 1. The Morgan fingerprint density at radius 3 is 2.24 bits per heavy atom. The molecule has 3 rings (SSSR count). The molecule has 1 aromatic carbocycles. The van der Waals surface area contributed by atoms with Crippen LogP contribution in [0.2, 0.25) is 0 Å². The number of piperazine rings is 1. The number of hydrogen-bond donors (Lipinski definition) is 1. The third-order valence-corrected chi connectivity index (χ3v) is 7.69. The molecule has 1 aromatic rings. The van der Waals surface area contributed by atoms with Crippen molar-refractivity contribution in [3.8, 4) is 0 Å². The zero-order valence-electron chi connectivity index (χ0n) is 17.6. The highest BCUT2D eigenvalue weighted by molar-refractivity contribution is 7.89. The van der Waals surface area contributed by atoms with Crippen molar-refractivity contribution in [3.05, 3.63) is 29.8 Å². The number of carbonyl (C=O) groups excluding carboxylic acids is 1. The average Bonchev–Trinajstić information content (AvgIpc) is 3.20. The summed E-state index contributed by atoms with van der Waals surface area (Å²) < 4.78 is 27.1. The quantitative estimate of drug-likeness (QED) is 0.680. The van der Waals surface area contributed by atoms with Gasteiger partial charge in [0.2, 0.25) is 15.9 Å². The average molecular weight is 423 g/mol. The van der Waals surface area contributed by atoms with Gasteiger partial charge in [-0.25, -0.2) is 8.42 Å². The lowest BCUT2D eigenvalue weighted by Crippen LogP contribution is -2.51. The van der Waals surface area contributed by atoms with Gasteiger partial charge in [0.05, 0.1) is 11.4 Å². The molecule has 0 aliphatic carbocycles. The van der Waals surface area contributed by atoms with Crippen LogP contribution in [0, 0.1) is 12.8 Å². The normalized spacial score (nSPS) is 20.6. The Morgan fingerprint density at radius 1 is 1.00 bits per heavy atom. The van der Waals surface area contributed by atoms with Crippen LogP contribution < -0.4 is 5.32 Å². The van der Waals surface area contributed by atoms with E-state index in [1.165, 1.54) is 30.2 Å². The van der Waals surface area contributed by atoms with E-state index in [9.17, 15) is 13.2 Å². The molecule has 1 unspecified atom stereocenters. The van der Waals surface area contributed by atoms with Crippen molar-refractivity contribution >= 4 is 15.9 Å². The predicted octanol–water partition coefficient (Wildman–Crippen LogP) is 1.15. The van der Waals surface area contributed by atoms with Crippen LogP contribution >= 0.6 is 0 Å². The van der Waals surface area contributed by atoms with Crippen molar-refractivity contribution in [1.29, 1.82) is 0 Å². The Labute approximate surface area is 175 Å². The summed E-state index contributed by atoms with van der Waals surface area (Å²) in [7, 11) is -3.46. The Hall–Kier alpha value is -1.48. The van der Waals surface area contributed by atoms with Gasteiger partial charge in [-0.1, -0.05) is 24.6 Å². The van der Waals surface area contributed by atoms with Gasteiger partial charge in [0, 0.05) is 39.3 Å². The Morgan fingerprint density at radius 2 is 1.62 bits per heavy atom. The number of nitrogens with zero attached hydrogens (tertiary/aromatic N) is 3. The number of nitrogens with one attached hydrogen (secondary N) is 1. The maximum atomic E-state index is 12.8. The molecule has 0 radical (unpaired) electrons. The molecule has 29 heavy (non-hydrogen) atoms. The molecule has 1 amide bonds. The molecule has 0 saturated carbocycles. The summed E-state index contributed by atoms with van der Waals surface area (Å²) in [6.07, 6.45) is 2.56. The summed E-state index contributed by atoms with van der Waals surface area (Å²) in [6, 6.07) is 6.96. The highest BCUT2D eigenvalue weighted by atomic mass is 32.2. The fourth-order valence-corrected chi connectivity index (χ4v) is 5.43. The molecular formula is C21H34N4O3S. The summed E-state index contributed by atoms with van der Waals surface area (Å²) in [5.74, 6) is 0.460. The van der Waals surface area contributed by atoms with E-state index in [0.29, 0.717) is 50.1 Å². The second kappa shape index (κ2) is 10.0. The minimum atomic E-state index is -3.46. The van der Waals surface area contributed by atoms with Crippen molar-refractivity contribution < 1.29 is 13.2 Å². The lowest BCUT2D eigenvalue weighted by molar-refractivity contribution is -0.122. The maximum absolute atomic E-state index is 12.8. The van der Waals surface area contributed by atoms with Crippen LogP contribution in [0.3, 0.4) is 0 Å². The highest BCUT2D eigenvalue weighted by Crippen LogP contribution is 2.18. The third kappa shape index (κ3) is 6.25. The highest BCUT2D eigenvalue weighted by Gasteiger charge is 2.29. The molecule has 1 N–H and O–H groups in total. The Kier molecular flexibility index (Phi) is 7.67. The monoisotopic (exact) mass is 422 g/mol. The number of aryl methyl sites for hydroxylation is 1.